The second-order valence-corrected chi connectivity index (χ2v) is 5.70. The maximum atomic E-state index is 8.88. The Bertz CT molecular complexity index is 840. The molecule has 0 amide bonds. The molecule has 0 saturated heterocycles. The molecule has 0 bridgehead atoms. The first-order valence-electron chi connectivity index (χ1n) is 8.44. The van der Waals surface area contributed by atoms with Crippen LogP contribution in [0.15, 0.2) is 60.7 Å². The molecule has 3 N–H and O–H groups in total. The minimum Gasteiger partial charge on any atom is -0.481 e. The van der Waals surface area contributed by atoms with Gasteiger partial charge in [0, 0.05) is 24.8 Å². The average molecular weight is 350 g/mol. The van der Waals surface area contributed by atoms with Crippen LogP contribution >= 0.6 is 0 Å². The van der Waals surface area contributed by atoms with Gasteiger partial charge in [-0.15, -0.1) is 0 Å². The lowest BCUT2D eigenvalue weighted by Gasteiger charge is -2.11. The van der Waals surface area contributed by atoms with E-state index in [1.165, 1.54) is 0 Å². The number of rotatable bonds is 8. The van der Waals surface area contributed by atoms with E-state index in [1.54, 1.807) is 13.2 Å². The Kier molecular flexibility index (Phi) is 6.14. The van der Waals surface area contributed by atoms with E-state index in [4.69, 9.17) is 9.84 Å². The van der Waals surface area contributed by atoms with Gasteiger partial charge in [-0.2, -0.15) is 4.98 Å². The Labute approximate surface area is 152 Å². The van der Waals surface area contributed by atoms with Gasteiger partial charge in [0.2, 0.25) is 11.8 Å². The summed E-state index contributed by atoms with van der Waals surface area (Å²) in [5.74, 6) is 0.956. The third kappa shape index (κ3) is 4.78. The van der Waals surface area contributed by atoms with Gasteiger partial charge in [0.15, 0.2) is 0 Å². The number of ether oxygens (including phenoxy) is 1. The summed E-state index contributed by atoms with van der Waals surface area (Å²) < 4.78 is 5.26. The van der Waals surface area contributed by atoms with Gasteiger partial charge in [0.1, 0.15) is 0 Å². The van der Waals surface area contributed by atoms with Crippen LogP contribution in [-0.4, -0.2) is 35.3 Å². The second kappa shape index (κ2) is 8.94. The first kappa shape index (κ1) is 17.8. The van der Waals surface area contributed by atoms with Gasteiger partial charge in [0.05, 0.1) is 19.4 Å². The summed E-state index contributed by atoms with van der Waals surface area (Å²) in [5, 5.41) is 15.2. The van der Waals surface area contributed by atoms with Crippen molar-refractivity contribution < 1.29 is 9.84 Å². The molecule has 0 unspecified atom stereocenters. The number of benzene rings is 2. The fourth-order valence-electron chi connectivity index (χ4n) is 2.56. The average Bonchev–Trinajstić information content (AvgIpc) is 2.69. The molecule has 0 radical (unpaired) electrons. The van der Waals surface area contributed by atoms with Crippen molar-refractivity contribution in [2.24, 2.45) is 0 Å². The number of hydrogen-bond acceptors (Lipinski definition) is 6. The van der Waals surface area contributed by atoms with E-state index in [9.17, 15) is 0 Å². The first-order valence-corrected chi connectivity index (χ1v) is 8.44. The number of anilines is 2. The van der Waals surface area contributed by atoms with E-state index in [2.05, 4.69) is 44.9 Å². The van der Waals surface area contributed by atoms with E-state index in [0.29, 0.717) is 24.9 Å². The van der Waals surface area contributed by atoms with Crippen LogP contribution in [0.1, 0.15) is 5.69 Å². The highest BCUT2D eigenvalue weighted by atomic mass is 16.5. The molecule has 1 aromatic heterocycles. The third-order valence-corrected chi connectivity index (χ3v) is 3.79. The zero-order chi connectivity index (χ0) is 18.2. The van der Waals surface area contributed by atoms with E-state index in [1.807, 2.05) is 30.3 Å². The topological polar surface area (TPSA) is 79.3 Å². The maximum Gasteiger partial charge on any atom is 0.230 e. The molecule has 0 aliphatic rings. The van der Waals surface area contributed by atoms with Crippen molar-refractivity contribution in [1.82, 2.24) is 15.3 Å². The predicted octanol–water partition coefficient (Wildman–Crippen LogP) is 2.98. The number of nitrogens with one attached hydrogen (secondary N) is 2. The highest BCUT2D eigenvalue weighted by Crippen LogP contribution is 2.24. The SMILES string of the molecule is COc1cc(CNCCO)nc(Nc2cccc(-c3ccccc3)c2)n1. The highest BCUT2D eigenvalue weighted by molar-refractivity contribution is 5.69. The Balaban J connectivity index is 1.81. The van der Waals surface area contributed by atoms with Crippen molar-refractivity contribution >= 4 is 11.6 Å². The third-order valence-electron chi connectivity index (χ3n) is 3.79. The number of nitrogens with zero attached hydrogens (tertiary/aromatic N) is 2. The van der Waals surface area contributed by atoms with Crippen molar-refractivity contribution in [3.8, 4) is 17.0 Å². The lowest BCUT2D eigenvalue weighted by molar-refractivity contribution is 0.291. The van der Waals surface area contributed by atoms with Crippen LogP contribution in [-0.2, 0) is 6.54 Å². The van der Waals surface area contributed by atoms with Crippen molar-refractivity contribution in [3.05, 3.63) is 66.4 Å². The zero-order valence-electron chi connectivity index (χ0n) is 14.6. The quantitative estimate of drug-likeness (QED) is 0.542. The van der Waals surface area contributed by atoms with E-state index in [-0.39, 0.29) is 6.61 Å². The lowest BCUT2D eigenvalue weighted by atomic mass is 10.1. The van der Waals surface area contributed by atoms with Crippen molar-refractivity contribution in [2.75, 3.05) is 25.6 Å². The summed E-state index contributed by atoms with van der Waals surface area (Å²) in [6.45, 7) is 1.12. The lowest BCUT2D eigenvalue weighted by Crippen LogP contribution is -2.18. The molecule has 134 valence electrons. The fraction of sp³-hybridized carbons (Fsp3) is 0.200. The van der Waals surface area contributed by atoms with E-state index in [0.717, 1.165) is 22.5 Å². The van der Waals surface area contributed by atoms with Crippen LogP contribution in [0.3, 0.4) is 0 Å². The highest BCUT2D eigenvalue weighted by Gasteiger charge is 2.06. The summed E-state index contributed by atoms with van der Waals surface area (Å²) in [6.07, 6.45) is 0. The normalized spacial score (nSPS) is 10.5. The monoisotopic (exact) mass is 350 g/mol. The van der Waals surface area contributed by atoms with Gasteiger partial charge in [-0.1, -0.05) is 42.5 Å². The summed E-state index contributed by atoms with van der Waals surface area (Å²) in [6, 6.07) is 20.1. The summed E-state index contributed by atoms with van der Waals surface area (Å²) in [5.41, 5.74) is 3.95. The molecule has 26 heavy (non-hydrogen) atoms. The molecule has 3 rings (SSSR count). The smallest absolute Gasteiger partial charge is 0.230 e. The molecule has 1 heterocycles. The largest absolute Gasteiger partial charge is 0.481 e. The van der Waals surface area contributed by atoms with Gasteiger partial charge in [-0.05, 0) is 23.3 Å². The van der Waals surface area contributed by atoms with Gasteiger partial charge in [-0.3, -0.25) is 0 Å². The summed E-state index contributed by atoms with van der Waals surface area (Å²) >= 11 is 0. The van der Waals surface area contributed by atoms with Crippen LogP contribution in [0.2, 0.25) is 0 Å². The van der Waals surface area contributed by atoms with Gasteiger partial charge < -0.3 is 20.5 Å². The summed E-state index contributed by atoms with van der Waals surface area (Å²) in [4.78, 5) is 8.86. The van der Waals surface area contributed by atoms with Crippen LogP contribution in [0, 0.1) is 0 Å². The van der Waals surface area contributed by atoms with Gasteiger partial charge in [0.25, 0.3) is 0 Å². The molecule has 0 saturated carbocycles. The number of aliphatic hydroxyl groups excluding tert-OH is 1. The number of aliphatic hydroxyl groups is 1. The number of hydrogen-bond donors (Lipinski definition) is 3. The zero-order valence-corrected chi connectivity index (χ0v) is 14.6. The van der Waals surface area contributed by atoms with E-state index < -0.39 is 0 Å². The molecule has 3 aromatic rings. The van der Waals surface area contributed by atoms with Crippen molar-refractivity contribution in [2.45, 2.75) is 6.54 Å². The molecule has 0 spiro atoms. The van der Waals surface area contributed by atoms with Crippen LogP contribution in [0.5, 0.6) is 5.88 Å². The molecule has 0 fully saturated rings. The number of methoxy groups -OCH3 is 1. The van der Waals surface area contributed by atoms with Gasteiger partial charge >= 0.3 is 0 Å². The van der Waals surface area contributed by atoms with Crippen LogP contribution in [0.4, 0.5) is 11.6 Å². The molecular weight excluding hydrogens is 328 g/mol. The minimum absolute atomic E-state index is 0.0829. The molecule has 0 aliphatic heterocycles. The van der Waals surface area contributed by atoms with Crippen LogP contribution < -0.4 is 15.4 Å². The maximum absolute atomic E-state index is 8.88. The first-order chi connectivity index (χ1) is 12.8. The molecule has 0 aliphatic carbocycles. The minimum atomic E-state index is 0.0829. The number of aromatic nitrogens is 2. The van der Waals surface area contributed by atoms with Crippen LogP contribution in [0.25, 0.3) is 11.1 Å². The Morgan fingerprint density at radius 1 is 0.962 bits per heavy atom. The second-order valence-electron chi connectivity index (χ2n) is 5.70. The van der Waals surface area contributed by atoms with E-state index >= 15 is 0 Å². The predicted molar refractivity (Wildman–Crippen MR) is 103 cm³/mol. The Morgan fingerprint density at radius 2 is 1.77 bits per heavy atom. The fourth-order valence-corrected chi connectivity index (χ4v) is 2.56. The molecular formula is C20H22N4O2. The van der Waals surface area contributed by atoms with Crippen molar-refractivity contribution in [1.29, 1.82) is 0 Å². The molecule has 0 atom stereocenters. The Hall–Kier alpha value is -2.96. The Morgan fingerprint density at radius 3 is 2.54 bits per heavy atom. The summed E-state index contributed by atoms with van der Waals surface area (Å²) in [7, 11) is 1.58. The molecule has 6 nitrogen and oxygen atoms in total. The molecule has 2 aromatic carbocycles. The molecule has 6 heteroatoms. The van der Waals surface area contributed by atoms with Gasteiger partial charge in [-0.25, -0.2) is 4.98 Å². The van der Waals surface area contributed by atoms with Crippen molar-refractivity contribution in [3.63, 3.8) is 0 Å². The standard InChI is InChI=1S/C20H22N4O2/c1-26-19-13-18(14-21-10-11-25)23-20(24-19)22-17-9-5-8-16(12-17)15-6-3-2-4-7-15/h2-9,12-13,21,25H,10-11,14H2,1H3,(H,22,23,24).